The Bertz CT molecular complexity index is 281. The maximum absolute atomic E-state index is 12.1. The van der Waals surface area contributed by atoms with Crippen molar-refractivity contribution in [3.05, 3.63) is 0 Å². The summed E-state index contributed by atoms with van der Waals surface area (Å²) in [5, 5.41) is 6.62. The second-order valence-corrected chi connectivity index (χ2v) is 6.41. The van der Waals surface area contributed by atoms with Gasteiger partial charge in [0.05, 0.1) is 0 Å². The fourth-order valence-electron chi connectivity index (χ4n) is 3.31. The maximum atomic E-state index is 12.1. The van der Waals surface area contributed by atoms with Crippen LogP contribution >= 0.6 is 0 Å². The van der Waals surface area contributed by atoms with Crippen molar-refractivity contribution in [2.75, 3.05) is 33.2 Å². The minimum Gasteiger partial charge on any atom is -0.353 e. The lowest BCUT2D eigenvalue weighted by Gasteiger charge is -2.31. The third-order valence-corrected chi connectivity index (χ3v) is 4.78. The van der Waals surface area contributed by atoms with E-state index >= 15 is 0 Å². The molecule has 1 atom stereocenters. The zero-order valence-electron chi connectivity index (χ0n) is 12.5. The van der Waals surface area contributed by atoms with Crippen LogP contribution in [0.4, 0.5) is 0 Å². The number of likely N-dealkylation sites (tertiary alicyclic amines) is 1. The van der Waals surface area contributed by atoms with Gasteiger partial charge in [0.1, 0.15) is 0 Å². The van der Waals surface area contributed by atoms with Gasteiger partial charge >= 0.3 is 0 Å². The predicted octanol–water partition coefficient (Wildman–Crippen LogP) is 1.22. The summed E-state index contributed by atoms with van der Waals surface area (Å²) in [5.41, 5.74) is 0. The molecule has 0 aromatic heterocycles. The third-order valence-electron chi connectivity index (χ3n) is 4.78. The van der Waals surface area contributed by atoms with E-state index in [2.05, 4.69) is 29.5 Å². The number of rotatable bonds is 4. The molecule has 2 saturated heterocycles. The van der Waals surface area contributed by atoms with E-state index < -0.39 is 0 Å². The minimum atomic E-state index is 0.264. The molecule has 0 saturated carbocycles. The van der Waals surface area contributed by atoms with Crippen LogP contribution in [-0.2, 0) is 4.79 Å². The highest BCUT2D eigenvalue weighted by atomic mass is 16.1. The maximum Gasteiger partial charge on any atom is 0.220 e. The molecule has 4 nitrogen and oxygen atoms in total. The molecule has 2 heterocycles. The SMILES string of the molecule is CC(CC(=O)NC1CCN(C)CC1)C1CCNCC1. The van der Waals surface area contributed by atoms with Gasteiger partial charge < -0.3 is 15.5 Å². The van der Waals surface area contributed by atoms with Crippen LogP contribution in [0.2, 0.25) is 0 Å². The predicted molar refractivity (Wildman–Crippen MR) is 78.0 cm³/mol. The highest BCUT2D eigenvalue weighted by Gasteiger charge is 2.24. The van der Waals surface area contributed by atoms with Gasteiger partial charge in [-0.3, -0.25) is 4.79 Å². The van der Waals surface area contributed by atoms with Gasteiger partial charge in [0, 0.05) is 12.5 Å². The number of carbonyl (C=O) groups is 1. The van der Waals surface area contributed by atoms with Crippen molar-refractivity contribution in [3.8, 4) is 0 Å². The van der Waals surface area contributed by atoms with Crippen molar-refractivity contribution in [1.29, 1.82) is 0 Å². The average molecular weight is 267 g/mol. The van der Waals surface area contributed by atoms with Crippen LogP contribution in [-0.4, -0.2) is 50.1 Å². The average Bonchev–Trinajstić information content (AvgIpc) is 2.42. The van der Waals surface area contributed by atoms with Crippen LogP contribution in [0.25, 0.3) is 0 Å². The molecule has 2 aliphatic rings. The number of nitrogens with one attached hydrogen (secondary N) is 2. The second-order valence-electron chi connectivity index (χ2n) is 6.41. The summed E-state index contributed by atoms with van der Waals surface area (Å²) < 4.78 is 0. The monoisotopic (exact) mass is 267 g/mol. The molecule has 2 N–H and O–H groups in total. The van der Waals surface area contributed by atoms with Crippen molar-refractivity contribution < 1.29 is 4.79 Å². The molecule has 2 fully saturated rings. The molecule has 2 aliphatic heterocycles. The van der Waals surface area contributed by atoms with Crippen LogP contribution in [0, 0.1) is 11.8 Å². The number of nitrogens with zero attached hydrogens (tertiary/aromatic N) is 1. The van der Waals surface area contributed by atoms with Gasteiger partial charge in [-0.25, -0.2) is 0 Å². The molecule has 0 aromatic rings. The number of hydrogen-bond donors (Lipinski definition) is 2. The van der Waals surface area contributed by atoms with E-state index in [9.17, 15) is 4.79 Å². The molecule has 110 valence electrons. The molecule has 2 rings (SSSR count). The van der Waals surface area contributed by atoms with Crippen molar-refractivity contribution >= 4 is 5.91 Å². The largest absolute Gasteiger partial charge is 0.353 e. The lowest BCUT2D eigenvalue weighted by Crippen LogP contribution is -2.44. The normalized spacial score (nSPS) is 25.2. The van der Waals surface area contributed by atoms with Gasteiger partial charge in [-0.15, -0.1) is 0 Å². The van der Waals surface area contributed by atoms with Gasteiger partial charge in [0.2, 0.25) is 5.91 Å². The van der Waals surface area contributed by atoms with E-state index in [1.165, 1.54) is 12.8 Å². The summed E-state index contributed by atoms with van der Waals surface area (Å²) in [4.78, 5) is 14.4. The summed E-state index contributed by atoms with van der Waals surface area (Å²) in [6.07, 6.45) is 5.36. The van der Waals surface area contributed by atoms with Gasteiger partial charge in [-0.2, -0.15) is 0 Å². The van der Waals surface area contributed by atoms with Gasteiger partial charge in [-0.1, -0.05) is 6.92 Å². The Balaban J connectivity index is 1.68. The second kappa shape index (κ2) is 7.25. The van der Waals surface area contributed by atoms with Gasteiger partial charge in [-0.05, 0) is 70.7 Å². The lowest BCUT2D eigenvalue weighted by atomic mass is 9.84. The number of carbonyl (C=O) groups excluding carboxylic acids is 1. The van der Waals surface area contributed by atoms with Gasteiger partial charge in [0.15, 0.2) is 0 Å². The molecule has 1 unspecified atom stereocenters. The van der Waals surface area contributed by atoms with Crippen LogP contribution in [0.15, 0.2) is 0 Å². The molecule has 0 bridgehead atoms. The summed E-state index contributed by atoms with van der Waals surface area (Å²) in [7, 11) is 2.15. The topological polar surface area (TPSA) is 44.4 Å². The lowest BCUT2D eigenvalue weighted by molar-refractivity contribution is -0.123. The molecule has 19 heavy (non-hydrogen) atoms. The zero-order chi connectivity index (χ0) is 13.7. The highest BCUT2D eigenvalue weighted by molar-refractivity contribution is 5.76. The van der Waals surface area contributed by atoms with Crippen LogP contribution < -0.4 is 10.6 Å². The van der Waals surface area contributed by atoms with E-state index in [-0.39, 0.29) is 5.91 Å². The van der Waals surface area contributed by atoms with E-state index in [0.29, 0.717) is 18.4 Å². The van der Waals surface area contributed by atoms with E-state index in [0.717, 1.165) is 44.9 Å². The summed E-state index contributed by atoms with van der Waals surface area (Å²) in [6.45, 7) is 6.69. The first-order valence-electron chi connectivity index (χ1n) is 7.84. The van der Waals surface area contributed by atoms with Crippen molar-refractivity contribution in [1.82, 2.24) is 15.5 Å². The third kappa shape index (κ3) is 4.77. The Labute approximate surface area is 117 Å². The Morgan fingerprint density at radius 3 is 2.53 bits per heavy atom. The van der Waals surface area contributed by atoms with Crippen LogP contribution in [0.3, 0.4) is 0 Å². The molecule has 0 aliphatic carbocycles. The van der Waals surface area contributed by atoms with Crippen molar-refractivity contribution in [2.45, 2.75) is 45.1 Å². The van der Waals surface area contributed by atoms with Crippen LogP contribution in [0.5, 0.6) is 0 Å². The van der Waals surface area contributed by atoms with E-state index in [1.807, 2.05) is 0 Å². The molecule has 0 spiro atoms. The Morgan fingerprint density at radius 2 is 1.89 bits per heavy atom. The van der Waals surface area contributed by atoms with Gasteiger partial charge in [0.25, 0.3) is 0 Å². The molecule has 0 radical (unpaired) electrons. The van der Waals surface area contributed by atoms with Crippen molar-refractivity contribution in [3.63, 3.8) is 0 Å². The first-order valence-corrected chi connectivity index (χ1v) is 7.84. The Morgan fingerprint density at radius 1 is 1.26 bits per heavy atom. The summed E-state index contributed by atoms with van der Waals surface area (Å²) in [5.74, 6) is 1.51. The number of amides is 1. The molecule has 1 amide bonds. The summed E-state index contributed by atoms with van der Waals surface area (Å²) >= 11 is 0. The quantitative estimate of drug-likeness (QED) is 0.805. The first-order chi connectivity index (χ1) is 9.15. The fraction of sp³-hybridized carbons (Fsp3) is 0.933. The Hall–Kier alpha value is -0.610. The smallest absolute Gasteiger partial charge is 0.220 e. The Kier molecular flexibility index (Phi) is 5.64. The first kappa shape index (κ1) is 14.8. The highest BCUT2D eigenvalue weighted by Crippen LogP contribution is 2.24. The standard InChI is InChI=1S/C15H29N3O/c1-12(13-3-7-16-8-4-13)11-15(19)17-14-5-9-18(2)10-6-14/h12-14,16H,3-11H2,1-2H3,(H,17,19). The molecule has 4 heteroatoms. The molecular formula is C15H29N3O. The fourth-order valence-corrected chi connectivity index (χ4v) is 3.31. The summed E-state index contributed by atoms with van der Waals surface area (Å²) in [6, 6.07) is 0.406. The van der Waals surface area contributed by atoms with Crippen molar-refractivity contribution in [2.24, 2.45) is 11.8 Å². The van der Waals surface area contributed by atoms with E-state index in [4.69, 9.17) is 0 Å². The van der Waals surface area contributed by atoms with E-state index in [1.54, 1.807) is 0 Å². The molecular weight excluding hydrogens is 238 g/mol. The van der Waals surface area contributed by atoms with Crippen LogP contribution in [0.1, 0.15) is 39.0 Å². The number of hydrogen-bond acceptors (Lipinski definition) is 3. The number of piperidine rings is 2. The molecule has 0 aromatic carbocycles. The zero-order valence-corrected chi connectivity index (χ0v) is 12.5. The minimum absolute atomic E-state index is 0.264.